The summed E-state index contributed by atoms with van der Waals surface area (Å²) in [6.45, 7) is 6.34. The van der Waals surface area contributed by atoms with Crippen LogP contribution in [0.15, 0.2) is 0 Å². The third-order valence-electron chi connectivity index (χ3n) is 3.17. The molecule has 0 aromatic rings. The number of ether oxygens (including phenoxy) is 1. The van der Waals surface area contributed by atoms with Crippen molar-refractivity contribution in [1.29, 1.82) is 0 Å². The van der Waals surface area contributed by atoms with Crippen molar-refractivity contribution < 1.29 is 9.53 Å². The van der Waals surface area contributed by atoms with Crippen LogP contribution in [0, 0.1) is 11.8 Å². The van der Waals surface area contributed by atoms with Crippen molar-refractivity contribution in [3.05, 3.63) is 0 Å². The van der Waals surface area contributed by atoms with Crippen LogP contribution in [0.5, 0.6) is 0 Å². The largest absolute Gasteiger partial charge is 0.381 e. The summed E-state index contributed by atoms with van der Waals surface area (Å²) >= 11 is 0. The Morgan fingerprint density at radius 3 is 2.75 bits per heavy atom. The Balaban J connectivity index is 2.38. The quantitative estimate of drug-likeness (QED) is 0.776. The molecular formula is C12H24N2O2. The third-order valence-corrected chi connectivity index (χ3v) is 3.17. The van der Waals surface area contributed by atoms with Crippen molar-refractivity contribution in [2.75, 3.05) is 26.8 Å². The molecule has 94 valence electrons. The van der Waals surface area contributed by atoms with Gasteiger partial charge in [-0.2, -0.15) is 0 Å². The molecule has 0 aromatic heterocycles. The fourth-order valence-electron chi connectivity index (χ4n) is 1.97. The first-order valence-electron chi connectivity index (χ1n) is 6.10. The summed E-state index contributed by atoms with van der Waals surface area (Å²) in [5.41, 5.74) is 5.84. The standard InChI is InChI=1S/C12H24N2O2/c1-9(2)11(13)12(15)14(3)7-10-5-4-6-16-8-10/h9-11H,4-8,13H2,1-3H3. The molecule has 1 heterocycles. The van der Waals surface area contributed by atoms with Crippen LogP contribution < -0.4 is 5.73 Å². The molecule has 4 heteroatoms. The van der Waals surface area contributed by atoms with E-state index in [1.165, 1.54) is 0 Å². The van der Waals surface area contributed by atoms with E-state index in [0.29, 0.717) is 5.92 Å². The van der Waals surface area contributed by atoms with E-state index in [2.05, 4.69) is 0 Å². The molecule has 0 saturated carbocycles. The summed E-state index contributed by atoms with van der Waals surface area (Å²) in [5.74, 6) is 0.709. The maximum absolute atomic E-state index is 11.9. The van der Waals surface area contributed by atoms with Crippen LogP contribution in [0.1, 0.15) is 26.7 Å². The number of nitrogens with two attached hydrogens (primary N) is 1. The third kappa shape index (κ3) is 3.76. The lowest BCUT2D eigenvalue weighted by atomic mass is 10.00. The van der Waals surface area contributed by atoms with Crippen molar-refractivity contribution in [1.82, 2.24) is 4.90 Å². The van der Waals surface area contributed by atoms with Gasteiger partial charge in [0.1, 0.15) is 0 Å². The van der Waals surface area contributed by atoms with Gasteiger partial charge in [0.15, 0.2) is 0 Å². The average molecular weight is 228 g/mol. The summed E-state index contributed by atoms with van der Waals surface area (Å²) in [7, 11) is 1.83. The monoisotopic (exact) mass is 228 g/mol. The maximum Gasteiger partial charge on any atom is 0.239 e. The minimum Gasteiger partial charge on any atom is -0.381 e. The van der Waals surface area contributed by atoms with Gasteiger partial charge in [-0.1, -0.05) is 13.8 Å². The number of carbonyl (C=O) groups excluding carboxylic acids is 1. The first kappa shape index (κ1) is 13.5. The van der Waals surface area contributed by atoms with Gasteiger partial charge in [-0.3, -0.25) is 4.79 Å². The van der Waals surface area contributed by atoms with Crippen LogP contribution in [0.4, 0.5) is 0 Å². The van der Waals surface area contributed by atoms with E-state index < -0.39 is 0 Å². The molecule has 1 rings (SSSR count). The molecular weight excluding hydrogens is 204 g/mol. The number of hydrogen-bond acceptors (Lipinski definition) is 3. The van der Waals surface area contributed by atoms with E-state index in [-0.39, 0.29) is 17.9 Å². The van der Waals surface area contributed by atoms with E-state index in [0.717, 1.165) is 32.6 Å². The number of rotatable bonds is 4. The van der Waals surface area contributed by atoms with Crippen LogP contribution in [0.3, 0.4) is 0 Å². The Kier molecular flexibility index (Phi) is 5.22. The van der Waals surface area contributed by atoms with Gasteiger partial charge < -0.3 is 15.4 Å². The first-order valence-corrected chi connectivity index (χ1v) is 6.10. The summed E-state index contributed by atoms with van der Waals surface area (Å²) in [4.78, 5) is 13.7. The van der Waals surface area contributed by atoms with Gasteiger partial charge >= 0.3 is 0 Å². The van der Waals surface area contributed by atoms with Crippen LogP contribution in [-0.2, 0) is 9.53 Å². The molecule has 1 fully saturated rings. The second-order valence-corrected chi connectivity index (χ2v) is 5.07. The number of amides is 1. The van der Waals surface area contributed by atoms with Crippen molar-refractivity contribution in [3.8, 4) is 0 Å². The summed E-state index contributed by atoms with van der Waals surface area (Å²) in [5, 5.41) is 0. The minimum absolute atomic E-state index is 0.0422. The molecule has 1 saturated heterocycles. The zero-order chi connectivity index (χ0) is 12.1. The summed E-state index contributed by atoms with van der Waals surface area (Å²) < 4.78 is 5.40. The lowest BCUT2D eigenvalue weighted by Crippen LogP contribution is -2.46. The number of hydrogen-bond donors (Lipinski definition) is 1. The van der Waals surface area contributed by atoms with Crippen molar-refractivity contribution >= 4 is 5.91 Å². The van der Waals surface area contributed by atoms with Gasteiger partial charge in [0.05, 0.1) is 12.6 Å². The van der Waals surface area contributed by atoms with E-state index in [1.54, 1.807) is 4.90 Å². The summed E-state index contributed by atoms with van der Waals surface area (Å²) in [6, 6.07) is -0.380. The molecule has 0 radical (unpaired) electrons. The SMILES string of the molecule is CC(C)C(N)C(=O)N(C)CC1CCCOC1. The van der Waals surface area contributed by atoms with Gasteiger partial charge in [0.2, 0.25) is 5.91 Å². The van der Waals surface area contributed by atoms with E-state index in [9.17, 15) is 4.79 Å². The summed E-state index contributed by atoms with van der Waals surface area (Å²) in [6.07, 6.45) is 2.25. The van der Waals surface area contributed by atoms with Gasteiger partial charge in [0.25, 0.3) is 0 Å². The molecule has 2 unspecified atom stereocenters. The highest BCUT2D eigenvalue weighted by Crippen LogP contribution is 2.15. The fourth-order valence-corrected chi connectivity index (χ4v) is 1.97. The van der Waals surface area contributed by atoms with Gasteiger partial charge in [0, 0.05) is 20.2 Å². The molecule has 2 N–H and O–H groups in total. The molecule has 0 aliphatic carbocycles. The number of likely N-dealkylation sites (N-methyl/N-ethyl adjacent to an activating group) is 1. The Morgan fingerprint density at radius 1 is 1.56 bits per heavy atom. The van der Waals surface area contributed by atoms with Crippen LogP contribution in [0.25, 0.3) is 0 Å². The van der Waals surface area contributed by atoms with E-state index in [4.69, 9.17) is 10.5 Å². The Morgan fingerprint density at radius 2 is 2.25 bits per heavy atom. The highest BCUT2D eigenvalue weighted by Gasteiger charge is 2.24. The highest BCUT2D eigenvalue weighted by molar-refractivity contribution is 5.81. The Hall–Kier alpha value is -0.610. The average Bonchev–Trinajstić information content (AvgIpc) is 2.28. The van der Waals surface area contributed by atoms with Gasteiger partial charge in [-0.05, 0) is 24.7 Å². The van der Waals surface area contributed by atoms with Crippen LogP contribution in [-0.4, -0.2) is 43.7 Å². The van der Waals surface area contributed by atoms with Crippen molar-refractivity contribution in [3.63, 3.8) is 0 Å². The molecule has 4 nitrogen and oxygen atoms in total. The predicted molar refractivity (Wildman–Crippen MR) is 64.0 cm³/mol. The van der Waals surface area contributed by atoms with Gasteiger partial charge in [-0.25, -0.2) is 0 Å². The highest BCUT2D eigenvalue weighted by atomic mass is 16.5. The molecule has 1 aliphatic heterocycles. The van der Waals surface area contributed by atoms with E-state index >= 15 is 0 Å². The topological polar surface area (TPSA) is 55.6 Å². The Bertz CT molecular complexity index is 225. The number of nitrogens with zero attached hydrogens (tertiary/aromatic N) is 1. The van der Waals surface area contributed by atoms with Crippen molar-refractivity contribution in [2.45, 2.75) is 32.7 Å². The molecule has 1 aliphatic rings. The molecule has 0 spiro atoms. The number of carbonyl (C=O) groups is 1. The molecule has 1 amide bonds. The van der Waals surface area contributed by atoms with Crippen molar-refractivity contribution in [2.24, 2.45) is 17.6 Å². The minimum atomic E-state index is -0.380. The zero-order valence-electron chi connectivity index (χ0n) is 10.6. The lowest BCUT2D eigenvalue weighted by Gasteiger charge is -2.29. The molecule has 16 heavy (non-hydrogen) atoms. The zero-order valence-corrected chi connectivity index (χ0v) is 10.6. The normalized spacial score (nSPS) is 23.2. The van der Waals surface area contributed by atoms with Gasteiger partial charge in [-0.15, -0.1) is 0 Å². The maximum atomic E-state index is 11.9. The molecule has 0 bridgehead atoms. The Labute approximate surface area is 98.1 Å². The predicted octanol–water partition coefficient (Wildman–Crippen LogP) is 0.855. The second kappa shape index (κ2) is 6.21. The first-order chi connectivity index (χ1) is 7.52. The van der Waals surface area contributed by atoms with E-state index in [1.807, 2.05) is 20.9 Å². The second-order valence-electron chi connectivity index (χ2n) is 5.07. The fraction of sp³-hybridized carbons (Fsp3) is 0.917. The van der Waals surface area contributed by atoms with Crippen LogP contribution in [0.2, 0.25) is 0 Å². The lowest BCUT2D eigenvalue weighted by molar-refractivity contribution is -0.133. The van der Waals surface area contributed by atoms with Crippen LogP contribution >= 0.6 is 0 Å². The smallest absolute Gasteiger partial charge is 0.239 e. The molecule has 0 aromatic carbocycles. The molecule has 2 atom stereocenters.